The standard InChI is InChI=1S/C34H34N2O6/c1-40-33(38)31(22-26-17-19-29(20-18-26)41-23-27-13-7-3-8-14-27)35-32(37)30(21-25-11-5-2-6-12-25)36-34(39)42-24-28-15-9-4-10-16-28/h2-20,30-31H,21-24H2,1H3,(H,35,37)(H,36,39)/t30-,31-/m1/s1. The Labute approximate surface area is 245 Å². The normalized spacial score (nSPS) is 11.9. The van der Waals surface area contributed by atoms with Crippen LogP contribution in [0.5, 0.6) is 5.75 Å². The zero-order valence-electron chi connectivity index (χ0n) is 23.4. The molecule has 0 aliphatic rings. The third-order valence-electron chi connectivity index (χ3n) is 6.52. The lowest BCUT2D eigenvalue weighted by molar-refractivity contribution is -0.145. The Morgan fingerprint density at radius 3 is 1.67 bits per heavy atom. The number of ether oxygens (including phenoxy) is 3. The van der Waals surface area contributed by atoms with Crippen LogP contribution in [0.4, 0.5) is 4.79 Å². The molecule has 216 valence electrons. The van der Waals surface area contributed by atoms with Gasteiger partial charge in [0.25, 0.3) is 0 Å². The number of esters is 1. The second-order valence-corrected chi connectivity index (χ2v) is 9.66. The van der Waals surface area contributed by atoms with E-state index in [0.717, 1.165) is 22.3 Å². The van der Waals surface area contributed by atoms with Gasteiger partial charge in [-0.05, 0) is 34.4 Å². The van der Waals surface area contributed by atoms with Gasteiger partial charge in [-0.2, -0.15) is 0 Å². The first-order valence-corrected chi connectivity index (χ1v) is 13.6. The van der Waals surface area contributed by atoms with Crippen LogP contribution in [-0.2, 0) is 45.1 Å². The SMILES string of the molecule is COC(=O)[C@@H](Cc1ccc(OCc2ccccc2)cc1)NC(=O)[C@@H](Cc1ccccc1)NC(=O)OCc1ccccc1. The van der Waals surface area contributed by atoms with Crippen molar-refractivity contribution in [3.63, 3.8) is 0 Å². The van der Waals surface area contributed by atoms with Gasteiger partial charge in [0.05, 0.1) is 7.11 Å². The molecule has 0 bridgehead atoms. The number of carbonyl (C=O) groups excluding carboxylic acids is 3. The molecule has 0 aliphatic heterocycles. The van der Waals surface area contributed by atoms with Crippen molar-refractivity contribution in [3.8, 4) is 5.75 Å². The van der Waals surface area contributed by atoms with E-state index in [1.54, 1.807) is 0 Å². The number of alkyl carbamates (subject to hydrolysis) is 1. The molecule has 0 radical (unpaired) electrons. The van der Waals surface area contributed by atoms with Crippen LogP contribution in [-0.4, -0.2) is 37.2 Å². The number of rotatable bonds is 13. The zero-order valence-corrected chi connectivity index (χ0v) is 23.4. The van der Waals surface area contributed by atoms with Gasteiger partial charge < -0.3 is 24.8 Å². The second-order valence-electron chi connectivity index (χ2n) is 9.66. The van der Waals surface area contributed by atoms with Crippen molar-refractivity contribution < 1.29 is 28.6 Å². The monoisotopic (exact) mass is 566 g/mol. The van der Waals surface area contributed by atoms with Gasteiger partial charge in [-0.1, -0.05) is 103 Å². The van der Waals surface area contributed by atoms with Crippen LogP contribution < -0.4 is 15.4 Å². The van der Waals surface area contributed by atoms with Crippen molar-refractivity contribution in [2.45, 2.75) is 38.1 Å². The maximum atomic E-state index is 13.4. The highest BCUT2D eigenvalue weighted by Crippen LogP contribution is 2.16. The highest BCUT2D eigenvalue weighted by atomic mass is 16.5. The molecule has 0 fully saturated rings. The number of hydrogen-bond donors (Lipinski definition) is 2. The Bertz CT molecular complexity index is 1410. The Kier molecular flexibility index (Phi) is 11.1. The largest absolute Gasteiger partial charge is 0.489 e. The predicted octanol–water partition coefficient (Wildman–Crippen LogP) is 5.00. The molecular weight excluding hydrogens is 532 g/mol. The second kappa shape index (κ2) is 15.6. The summed E-state index contributed by atoms with van der Waals surface area (Å²) in [4.78, 5) is 38.8. The van der Waals surface area contributed by atoms with Crippen LogP contribution in [0.2, 0.25) is 0 Å². The third-order valence-corrected chi connectivity index (χ3v) is 6.52. The van der Waals surface area contributed by atoms with E-state index >= 15 is 0 Å². The minimum absolute atomic E-state index is 0.0577. The van der Waals surface area contributed by atoms with Gasteiger partial charge >= 0.3 is 12.1 Å². The predicted molar refractivity (Wildman–Crippen MR) is 159 cm³/mol. The first kappa shape index (κ1) is 29.9. The van der Waals surface area contributed by atoms with Crippen molar-refractivity contribution in [1.29, 1.82) is 0 Å². The van der Waals surface area contributed by atoms with E-state index in [0.29, 0.717) is 12.4 Å². The lowest BCUT2D eigenvalue weighted by atomic mass is 10.0. The fraction of sp³-hybridized carbons (Fsp3) is 0.206. The Morgan fingerprint density at radius 2 is 1.10 bits per heavy atom. The smallest absolute Gasteiger partial charge is 0.408 e. The summed E-state index contributed by atoms with van der Waals surface area (Å²) >= 11 is 0. The minimum atomic E-state index is -0.989. The fourth-order valence-electron chi connectivity index (χ4n) is 4.27. The van der Waals surface area contributed by atoms with Gasteiger partial charge in [-0.25, -0.2) is 9.59 Å². The molecule has 0 spiro atoms. The van der Waals surface area contributed by atoms with Crippen molar-refractivity contribution in [1.82, 2.24) is 10.6 Å². The van der Waals surface area contributed by atoms with Crippen molar-refractivity contribution >= 4 is 18.0 Å². The van der Waals surface area contributed by atoms with E-state index in [1.807, 2.05) is 115 Å². The quantitative estimate of drug-likeness (QED) is 0.221. The van der Waals surface area contributed by atoms with Crippen molar-refractivity contribution in [2.75, 3.05) is 7.11 Å². The third kappa shape index (κ3) is 9.52. The van der Waals surface area contributed by atoms with Crippen LogP contribution in [0.15, 0.2) is 115 Å². The van der Waals surface area contributed by atoms with Crippen molar-refractivity contribution in [2.24, 2.45) is 0 Å². The molecule has 8 heteroatoms. The van der Waals surface area contributed by atoms with Gasteiger partial charge in [0.15, 0.2) is 0 Å². The molecule has 0 aliphatic carbocycles. The highest BCUT2D eigenvalue weighted by molar-refractivity contribution is 5.90. The molecular formula is C34H34N2O6. The van der Waals surface area contributed by atoms with Gasteiger partial charge in [0.2, 0.25) is 5.91 Å². The molecule has 2 atom stereocenters. The van der Waals surface area contributed by atoms with E-state index in [4.69, 9.17) is 14.2 Å². The summed E-state index contributed by atoms with van der Waals surface area (Å²) in [6.07, 6.45) is -0.349. The van der Waals surface area contributed by atoms with E-state index < -0.39 is 30.1 Å². The number of amides is 2. The summed E-state index contributed by atoms with van der Waals surface area (Å²) in [6, 6.07) is 33.7. The molecule has 8 nitrogen and oxygen atoms in total. The molecule has 4 aromatic rings. The number of benzene rings is 4. The van der Waals surface area contributed by atoms with Crippen LogP contribution in [0.1, 0.15) is 22.3 Å². The van der Waals surface area contributed by atoms with E-state index in [1.165, 1.54) is 7.11 Å². The Hall–Kier alpha value is -5.11. The molecule has 0 aromatic heterocycles. The van der Waals surface area contributed by atoms with Crippen LogP contribution in [0.3, 0.4) is 0 Å². The lowest BCUT2D eigenvalue weighted by Gasteiger charge is -2.22. The average molecular weight is 567 g/mol. The summed E-state index contributed by atoms with van der Waals surface area (Å²) in [5.74, 6) is -0.450. The number of nitrogens with one attached hydrogen (secondary N) is 2. The molecule has 0 saturated heterocycles. The molecule has 0 saturated carbocycles. The number of carbonyl (C=O) groups is 3. The summed E-state index contributed by atoms with van der Waals surface area (Å²) in [7, 11) is 1.27. The Balaban J connectivity index is 1.40. The van der Waals surface area contributed by atoms with Gasteiger partial charge in [0.1, 0.15) is 31.0 Å². The van der Waals surface area contributed by atoms with Gasteiger partial charge in [-0.3, -0.25) is 4.79 Å². The first-order chi connectivity index (χ1) is 20.5. The summed E-state index contributed by atoms with van der Waals surface area (Å²) in [5, 5.41) is 5.42. The average Bonchev–Trinajstić information content (AvgIpc) is 3.04. The van der Waals surface area contributed by atoms with Crippen LogP contribution >= 0.6 is 0 Å². The van der Waals surface area contributed by atoms with Crippen molar-refractivity contribution in [3.05, 3.63) is 138 Å². The van der Waals surface area contributed by atoms with Crippen LogP contribution in [0, 0.1) is 0 Å². The maximum absolute atomic E-state index is 13.4. The molecule has 2 N–H and O–H groups in total. The van der Waals surface area contributed by atoms with E-state index in [-0.39, 0.29) is 19.4 Å². The number of methoxy groups -OCH3 is 1. The molecule has 0 heterocycles. The molecule has 0 unspecified atom stereocenters. The highest BCUT2D eigenvalue weighted by Gasteiger charge is 2.28. The van der Waals surface area contributed by atoms with Crippen LogP contribution in [0.25, 0.3) is 0 Å². The fourth-order valence-corrected chi connectivity index (χ4v) is 4.27. The topological polar surface area (TPSA) is 103 Å². The minimum Gasteiger partial charge on any atom is -0.489 e. The summed E-state index contributed by atoms with van der Waals surface area (Å²) in [6.45, 7) is 0.493. The van der Waals surface area contributed by atoms with E-state index in [9.17, 15) is 14.4 Å². The first-order valence-electron chi connectivity index (χ1n) is 13.6. The Morgan fingerprint density at radius 1 is 0.595 bits per heavy atom. The molecule has 4 rings (SSSR count). The van der Waals surface area contributed by atoms with Gasteiger partial charge in [-0.15, -0.1) is 0 Å². The summed E-state index contributed by atoms with van der Waals surface area (Å²) < 4.78 is 16.2. The molecule has 4 aromatic carbocycles. The number of hydrogen-bond acceptors (Lipinski definition) is 6. The molecule has 2 amide bonds. The maximum Gasteiger partial charge on any atom is 0.408 e. The van der Waals surface area contributed by atoms with Gasteiger partial charge in [0, 0.05) is 12.8 Å². The summed E-state index contributed by atoms with van der Waals surface area (Å²) in [5.41, 5.74) is 3.51. The van der Waals surface area contributed by atoms with E-state index in [2.05, 4.69) is 10.6 Å². The zero-order chi connectivity index (χ0) is 29.6. The lowest BCUT2D eigenvalue weighted by Crippen LogP contribution is -2.53. The molecule has 42 heavy (non-hydrogen) atoms.